The number of hydrogen-bond donors (Lipinski definition) is 1. The molecular formula is C11H23NO. The highest BCUT2D eigenvalue weighted by Crippen LogP contribution is 2.33. The molecule has 1 N–H and O–H groups in total. The molecule has 13 heavy (non-hydrogen) atoms. The van der Waals surface area contributed by atoms with E-state index in [4.69, 9.17) is 4.74 Å². The summed E-state index contributed by atoms with van der Waals surface area (Å²) in [4.78, 5) is 0. The zero-order chi connectivity index (χ0) is 9.68. The quantitative estimate of drug-likeness (QED) is 0.639. The maximum absolute atomic E-state index is 4.99. The highest BCUT2D eigenvalue weighted by molar-refractivity contribution is 4.86. The van der Waals surface area contributed by atoms with Crippen molar-refractivity contribution >= 4 is 0 Å². The first-order valence-electron chi connectivity index (χ1n) is 5.46. The Morgan fingerprint density at radius 1 is 1.38 bits per heavy atom. The first-order chi connectivity index (χ1) is 6.24. The van der Waals surface area contributed by atoms with Crippen LogP contribution < -0.4 is 5.32 Å². The van der Waals surface area contributed by atoms with E-state index in [-0.39, 0.29) is 0 Å². The van der Waals surface area contributed by atoms with Gasteiger partial charge >= 0.3 is 0 Å². The minimum atomic E-state index is 0.796. The van der Waals surface area contributed by atoms with Crippen LogP contribution >= 0.6 is 0 Å². The molecule has 0 aromatic rings. The molecule has 1 aliphatic carbocycles. The second-order valence-corrected chi connectivity index (χ2v) is 4.47. The van der Waals surface area contributed by atoms with Crippen LogP contribution in [0.1, 0.15) is 33.1 Å². The van der Waals surface area contributed by atoms with Gasteiger partial charge < -0.3 is 10.1 Å². The first kappa shape index (κ1) is 11.0. The van der Waals surface area contributed by atoms with Crippen molar-refractivity contribution in [1.82, 2.24) is 5.32 Å². The van der Waals surface area contributed by atoms with Crippen molar-refractivity contribution < 1.29 is 4.74 Å². The van der Waals surface area contributed by atoms with E-state index < -0.39 is 0 Å². The van der Waals surface area contributed by atoms with Crippen molar-refractivity contribution in [2.45, 2.75) is 39.2 Å². The van der Waals surface area contributed by atoms with Crippen LogP contribution in [0.5, 0.6) is 0 Å². The van der Waals surface area contributed by atoms with E-state index in [1.165, 1.54) is 12.8 Å². The summed E-state index contributed by atoms with van der Waals surface area (Å²) in [6.45, 7) is 6.65. The van der Waals surface area contributed by atoms with Crippen LogP contribution in [-0.4, -0.2) is 26.3 Å². The molecule has 2 nitrogen and oxygen atoms in total. The van der Waals surface area contributed by atoms with Crippen LogP contribution in [0, 0.1) is 11.8 Å². The van der Waals surface area contributed by atoms with Gasteiger partial charge in [0, 0.05) is 19.8 Å². The van der Waals surface area contributed by atoms with Crippen LogP contribution in [0.25, 0.3) is 0 Å². The third-order valence-electron chi connectivity index (χ3n) is 3.08. The minimum Gasteiger partial charge on any atom is -0.385 e. The molecule has 0 aromatic carbocycles. The van der Waals surface area contributed by atoms with Gasteiger partial charge in [0.25, 0.3) is 0 Å². The Morgan fingerprint density at radius 2 is 2.08 bits per heavy atom. The van der Waals surface area contributed by atoms with Crippen molar-refractivity contribution in [3.63, 3.8) is 0 Å². The number of methoxy groups -OCH3 is 1. The predicted molar refractivity (Wildman–Crippen MR) is 55.8 cm³/mol. The number of nitrogens with one attached hydrogen (secondary N) is 1. The average Bonchev–Trinajstić information content (AvgIpc) is 2.00. The molecule has 1 rings (SSSR count). The number of ether oxygens (including phenoxy) is 1. The van der Waals surface area contributed by atoms with Crippen molar-refractivity contribution in [2.24, 2.45) is 11.8 Å². The van der Waals surface area contributed by atoms with Gasteiger partial charge in [-0.15, -0.1) is 0 Å². The van der Waals surface area contributed by atoms with Crippen LogP contribution in [0.15, 0.2) is 0 Å². The van der Waals surface area contributed by atoms with Gasteiger partial charge in [-0.1, -0.05) is 13.8 Å². The monoisotopic (exact) mass is 185 g/mol. The zero-order valence-corrected chi connectivity index (χ0v) is 9.18. The van der Waals surface area contributed by atoms with E-state index in [0.717, 1.165) is 37.5 Å². The Hall–Kier alpha value is -0.0800. The van der Waals surface area contributed by atoms with Gasteiger partial charge in [-0.2, -0.15) is 0 Å². The van der Waals surface area contributed by atoms with E-state index in [1.54, 1.807) is 7.11 Å². The van der Waals surface area contributed by atoms with Crippen molar-refractivity contribution in [3.8, 4) is 0 Å². The SMILES string of the molecule is COCCCNC1CC(C(C)C)C1. The van der Waals surface area contributed by atoms with Gasteiger partial charge in [-0.3, -0.25) is 0 Å². The summed E-state index contributed by atoms with van der Waals surface area (Å²) in [6.07, 6.45) is 3.90. The molecule has 0 radical (unpaired) electrons. The molecule has 0 unspecified atom stereocenters. The van der Waals surface area contributed by atoms with Gasteiger partial charge in [0.1, 0.15) is 0 Å². The number of hydrogen-bond acceptors (Lipinski definition) is 2. The smallest absolute Gasteiger partial charge is 0.0474 e. The summed E-state index contributed by atoms with van der Waals surface area (Å²) in [5.74, 6) is 1.84. The Bertz CT molecular complexity index is 130. The van der Waals surface area contributed by atoms with Crippen LogP contribution in [0.3, 0.4) is 0 Å². The highest BCUT2D eigenvalue weighted by Gasteiger charge is 2.30. The zero-order valence-electron chi connectivity index (χ0n) is 9.18. The normalized spacial score (nSPS) is 27.7. The minimum absolute atomic E-state index is 0.796. The molecule has 0 amide bonds. The topological polar surface area (TPSA) is 21.3 Å². The molecule has 1 saturated carbocycles. The summed E-state index contributed by atoms with van der Waals surface area (Å²) in [6, 6.07) is 0.796. The molecular weight excluding hydrogens is 162 g/mol. The standard InChI is InChI=1S/C11H23NO/c1-9(2)10-7-11(8-10)12-5-4-6-13-3/h9-12H,4-8H2,1-3H3. The summed E-state index contributed by atoms with van der Waals surface area (Å²) in [5.41, 5.74) is 0. The maximum atomic E-state index is 4.99. The number of rotatable bonds is 6. The van der Waals surface area contributed by atoms with Gasteiger partial charge in [-0.05, 0) is 37.6 Å². The fourth-order valence-electron chi connectivity index (χ4n) is 1.90. The molecule has 0 atom stereocenters. The van der Waals surface area contributed by atoms with E-state index in [9.17, 15) is 0 Å². The van der Waals surface area contributed by atoms with E-state index in [0.29, 0.717) is 0 Å². The molecule has 78 valence electrons. The van der Waals surface area contributed by atoms with Crippen molar-refractivity contribution in [3.05, 3.63) is 0 Å². The van der Waals surface area contributed by atoms with E-state index >= 15 is 0 Å². The van der Waals surface area contributed by atoms with Gasteiger partial charge in [-0.25, -0.2) is 0 Å². The lowest BCUT2D eigenvalue weighted by molar-refractivity contribution is 0.158. The lowest BCUT2D eigenvalue weighted by Gasteiger charge is -2.38. The van der Waals surface area contributed by atoms with Crippen molar-refractivity contribution in [1.29, 1.82) is 0 Å². The summed E-state index contributed by atoms with van der Waals surface area (Å²) in [7, 11) is 1.76. The second kappa shape index (κ2) is 5.61. The third kappa shape index (κ3) is 3.65. The summed E-state index contributed by atoms with van der Waals surface area (Å²) in [5, 5.41) is 3.56. The summed E-state index contributed by atoms with van der Waals surface area (Å²) >= 11 is 0. The molecule has 0 aromatic heterocycles. The largest absolute Gasteiger partial charge is 0.385 e. The molecule has 0 saturated heterocycles. The van der Waals surface area contributed by atoms with Crippen LogP contribution in [0.2, 0.25) is 0 Å². The molecule has 0 heterocycles. The van der Waals surface area contributed by atoms with Crippen LogP contribution in [-0.2, 0) is 4.74 Å². The lowest BCUT2D eigenvalue weighted by Crippen LogP contribution is -2.43. The Morgan fingerprint density at radius 3 is 2.62 bits per heavy atom. The van der Waals surface area contributed by atoms with Gasteiger partial charge in [0.15, 0.2) is 0 Å². The Balaban J connectivity index is 1.90. The van der Waals surface area contributed by atoms with Gasteiger partial charge in [0.2, 0.25) is 0 Å². The molecule has 0 spiro atoms. The maximum Gasteiger partial charge on any atom is 0.0474 e. The predicted octanol–water partition coefficient (Wildman–Crippen LogP) is 2.05. The average molecular weight is 185 g/mol. The Labute approximate surface area is 82.0 Å². The second-order valence-electron chi connectivity index (χ2n) is 4.47. The van der Waals surface area contributed by atoms with Crippen molar-refractivity contribution in [2.75, 3.05) is 20.3 Å². The summed E-state index contributed by atoms with van der Waals surface area (Å²) < 4.78 is 4.99. The van der Waals surface area contributed by atoms with E-state index in [2.05, 4.69) is 19.2 Å². The first-order valence-corrected chi connectivity index (χ1v) is 5.46. The third-order valence-corrected chi connectivity index (χ3v) is 3.08. The molecule has 1 aliphatic rings. The molecule has 0 aliphatic heterocycles. The fraction of sp³-hybridized carbons (Fsp3) is 1.00. The van der Waals surface area contributed by atoms with Gasteiger partial charge in [0.05, 0.1) is 0 Å². The lowest BCUT2D eigenvalue weighted by atomic mass is 9.74. The highest BCUT2D eigenvalue weighted by atomic mass is 16.5. The fourth-order valence-corrected chi connectivity index (χ4v) is 1.90. The van der Waals surface area contributed by atoms with E-state index in [1.807, 2.05) is 0 Å². The molecule has 1 fully saturated rings. The molecule has 0 bridgehead atoms. The van der Waals surface area contributed by atoms with Crippen LogP contribution in [0.4, 0.5) is 0 Å². The Kier molecular flexibility index (Phi) is 4.74. The molecule has 2 heteroatoms.